The molecule has 164 valence electrons. The van der Waals surface area contributed by atoms with Gasteiger partial charge in [-0.05, 0) is 70.0 Å². The summed E-state index contributed by atoms with van der Waals surface area (Å²) < 4.78 is 46.2. The van der Waals surface area contributed by atoms with Crippen LogP contribution in [0.4, 0.5) is 15.8 Å². The fourth-order valence-corrected chi connectivity index (χ4v) is 5.86. The highest BCUT2D eigenvalue weighted by atomic mass is 32.2. The second-order valence-electron chi connectivity index (χ2n) is 7.91. The fraction of sp³-hybridized carbons (Fsp3) is 0.364. The first kappa shape index (κ1) is 21.5. The molecule has 2 aromatic heterocycles. The van der Waals surface area contributed by atoms with E-state index in [1.807, 2.05) is 19.1 Å². The zero-order chi connectivity index (χ0) is 22.2. The second-order valence-corrected chi connectivity index (χ2v) is 9.78. The summed E-state index contributed by atoms with van der Waals surface area (Å²) in [6.45, 7) is 5.96. The third kappa shape index (κ3) is 4.47. The Morgan fingerprint density at radius 1 is 1.13 bits per heavy atom. The maximum Gasteiger partial charge on any atom is 0.248 e. The van der Waals surface area contributed by atoms with Crippen LogP contribution in [0.25, 0.3) is 0 Å². The van der Waals surface area contributed by atoms with Gasteiger partial charge < -0.3 is 9.84 Å². The lowest BCUT2D eigenvalue weighted by molar-refractivity contribution is 0.312. The Kier molecular flexibility index (Phi) is 5.81. The van der Waals surface area contributed by atoms with E-state index >= 15 is 0 Å². The average Bonchev–Trinajstić information content (AvgIpc) is 3.08. The summed E-state index contributed by atoms with van der Waals surface area (Å²) in [5.74, 6) is -0.0179. The van der Waals surface area contributed by atoms with Gasteiger partial charge in [0.05, 0.1) is 0 Å². The smallest absolute Gasteiger partial charge is 0.248 e. The van der Waals surface area contributed by atoms with Crippen molar-refractivity contribution in [2.75, 3.05) is 18.4 Å². The molecule has 4 rings (SSSR count). The number of hydrogen-bond donors (Lipinski definition) is 1. The van der Waals surface area contributed by atoms with Gasteiger partial charge in [0, 0.05) is 41.8 Å². The van der Waals surface area contributed by atoms with E-state index in [2.05, 4.69) is 15.5 Å². The van der Waals surface area contributed by atoms with Crippen LogP contribution in [0.2, 0.25) is 0 Å². The summed E-state index contributed by atoms with van der Waals surface area (Å²) in [4.78, 5) is 4.83. The first-order valence-electron chi connectivity index (χ1n) is 10.2. The van der Waals surface area contributed by atoms with Gasteiger partial charge in [0.15, 0.2) is 5.76 Å². The lowest BCUT2D eigenvalue weighted by Crippen LogP contribution is -2.39. The predicted molar refractivity (Wildman–Crippen MR) is 115 cm³/mol. The van der Waals surface area contributed by atoms with E-state index in [9.17, 15) is 12.8 Å². The minimum atomic E-state index is -3.70. The van der Waals surface area contributed by atoms with Gasteiger partial charge in [-0.15, -0.1) is 0 Å². The summed E-state index contributed by atoms with van der Waals surface area (Å²) in [5, 5.41) is 7.07. The maximum atomic E-state index is 13.2. The number of halogens is 1. The van der Waals surface area contributed by atoms with E-state index in [-0.39, 0.29) is 16.6 Å². The van der Waals surface area contributed by atoms with Gasteiger partial charge in [-0.3, -0.25) is 4.98 Å². The highest BCUT2D eigenvalue weighted by Crippen LogP contribution is 2.33. The largest absolute Gasteiger partial charge is 0.360 e. The van der Waals surface area contributed by atoms with Crippen molar-refractivity contribution in [1.29, 1.82) is 0 Å². The number of nitrogens with zero attached hydrogens (tertiary/aromatic N) is 3. The molecule has 1 saturated heterocycles. The summed E-state index contributed by atoms with van der Waals surface area (Å²) >= 11 is 0. The molecule has 1 aliphatic rings. The molecule has 31 heavy (non-hydrogen) atoms. The quantitative estimate of drug-likeness (QED) is 0.626. The van der Waals surface area contributed by atoms with E-state index in [0.29, 0.717) is 24.5 Å². The molecule has 0 bridgehead atoms. The minimum Gasteiger partial charge on any atom is -0.360 e. The van der Waals surface area contributed by atoms with Crippen molar-refractivity contribution in [3.05, 3.63) is 65.1 Å². The van der Waals surface area contributed by atoms with Crippen molar-refractivity contribution in [2.24, 2.45) is 0 Å². The fourth-order valence-electron chi connectivity index (χ4n) is 4.05. The summed E-state index contributed by atoms with van der Waals surface area (Å²) in [5.41, 5.74) is 3.64. The van der Waals surface area contributed by atoms with Crippen LogP contribution in [0.3, 0.4) is 0 Å². The van der Waals surface area contributed by atoms with E-state index in [1.54, 1.807) is 26.0 Å². The third-order valence-electron chi connectivity index (χ3n) is 5.47. The Morgan fingerprint density at radius 2 is 1.87 bits per heavy atom. The molecule has 9 heteroatoms. The van der Waals surface area contributed by atoms with Crippen LogP contribution >= 0.6 is 0 Å². The van der Waals surface area contributed by atoms with Gasteiger partial charge in [0.1, 0.15) is 16.4 Å². The van der Waals surface area contributed by atoms with Crippen LogP contribution in [0, 0.1) is 26.6 Å². The Hall–Kier alpha value is -2.78. The Morgan fingerprint density at radius 3 is 2.55 bits per heavy atom. The third-order valence-corrected chi connectivity index (χ3v) is 7.58. The van der Waals surface area contributed by atoms with Crippen molar-refractivity contribution >= 4 is 21.4 Å². The number of hydrogen-bond acceptors (Lipinski definition) is 6. The van der Waals surface area contributed by atoms with Crippen molar-refractivity contribution in [2.45, 2.75) is 44.4 Å². The number of piperidine rings is 1. The van der Waals surface area contributed by atoms with Crippen molar-refractivity contribution in [3.8, 4) is 0 Å². The van der Waals surface area contributed by atoms with Gasteiger partial charge in [-0.1, -0.05) is 5.16 Å². The number of nitrogens with one attached hydrogen (secondary N) is 1. The number of aryl methyl sites for hydroxylation is 3. The molecule has 0 unspecified atom stereocenters. The minimum absolute atomic E-state index is 0.0299. The standard InChI is InChI=1S/C22H25FN4O3S/c1-14-11-20(25-19-8-6-18(23)7-9-19)12-21(24-14)17-5-4-10-27(13-17)31(28,29)22-15(2)26-30-16(22)3/h6-9,11-12,17H,4-5,10,13H2,1-3H3,(H,24,25)/t17-/m1/s1. The van der Waals surface area contributed by atoms with E-state index < -0.39 is 10.0 Å². The normalized spacial score (nSPS) is 17.6. The summed E-state index contributed by atoms with van der Waals surface area (Å²) in [6, 6.07) is 9.99. The molecule has 1 N–H and O–H groups in total. The van der Waals surface area contributed by atoms with E-state index in [1.165, 1.54) is 16.4 Å². The lowest BCUT2D eigenvalue weighted by Gasteiger charge is -2.31. The Bertz CT molecular complexity index is 1170. The Labute approximate surface area is 181 Å². The van der Waals surface area contributed by atoms with Crippen LogP contribution in [0.5, 0.6) is 0 Å². The Balaban J connectivity index is 1.58. The van der Waals surface area contributed by atoms with Gasteiger partial charge >= 0.3 is 0 Å². The summed E-state index contributed by atoms with van der Waals surface area (Å²) in [7, 11) is -3.70. The first-order chi connectivity index (χ1) is 14.7. The number of benzene rings is 1. The van der Waals surface area contributed by atoms with Crippen LogP contribution in [0.1, 0.15) is 41.6 Å². The lowest BCUT2D eigenvalue weighted by atomic mass is 9.95. The number of sulfonamides is 1. The number of aromatic nitrogens is 2. The molecule has 0 radical (unpaired) electrons. The molecular formula is C22H25FN4O3S. The molecule has 0 amide bonds. The molecule has 1 aliphatic heterocycles. The second kappa shape index (κ2) is 8.39. The van der Waals surface area contributed by atoms with Gasteiger partial charge in [0.2, 0.25) is 10.0 Å². The van der Waals surface area contributed by atoms with Crippen molar-refractivity contribution < 1.29 is 17.3 Å². The molecule has 0 spiro atoms. The zero-order valence-corrected chi connectivity index (χ0v) is 18.5. The van der Waals surface area contributed by atoms with Gasteiger partial charge in [0.25, 0.3) is 0 Å². The van der Waals surface area contributed by atoms with Gasteiger partial charge in [-0.2, -0.15) is 4.31 Å². The molecule has 3 aromatic rings. The molecule has 7 nitrogen and oxygen atoms in total. The maximum absolute atomic E-state index is 13.2. The van der Waals surface area contributed by atoms with Crippen molar-refractivity contribution in [3.63, 3.8) is 0 Å². The number of pyridine rings is 1. The van der Waals surface area contributed by atoms with Crippen LogP contribution in [-0.2, 0) is 10.0 Å². The zero-order valence-electron chi connectivity index (χ0n) is 17.7. The molecule has 1 atom stereocenters. The highest BCUT2D eigenvalue weighted by molar-refractivity contribution is 7.89. The van der Waals surface area contributed by atoms with Crippen LogP contribution < -0.4 is 5.32 Å². The van der Waals surface area contributed by atoms with E-state index in [4.69, 9.17) is 4.52 Å². The highest BCUT2D eigenvalue weighted by Gasteiger charge is 2.35. The molecule has 3 heterocycles. The summed E-state index contributed by atoms with van der Waals surface area (Å²) in [6.07, 6.45) is 1.59. The average molecular weight is 445 g/mol. The number of rotatable bonds is 5. The van der Waals surface area contributed by atoms with Crippen molar-refractivity contribution in [1.82, 2.24) is 14.4 Å². The number of anilines is 2. The molecule has 0 aliphatic carbocycles. The SMILES string of the molecule is Cc1cc(Nc2ccc(F)cc2)cc([C@@H]2CCCN(S(=O)(=O)c3c(C)noc3C)C2)n1. The van der Waals surface area contributed by atoms with Crippen LogP contribution in [-0.4, -0.2) is 36.0 Å². The van der Waals surface area contributed by atoms with Crippen LogP contribution in [0.15, 0.2) is 45.8 Å². The topological polar surface area (TPSA) is 88.3 Å². The van der Waals surface area contributed by atoms with E-state index in [0.717, 1.165) is 35.6 Å². The molecule has 0 saturated carbocycles. The van der Waals surface area contributed by atoms with Gasteiger partial charge in [-0.25, -0.2) is 12.8 Å². The monoisotopic (exact) mass is 444 g/mol. The molecule has 1 fully saturated rings. The molecular weight excluding hydrogens is 419 g/mol. The predicted octanol–water partition coefficient (Wildman–Crippen LogP) is 4.45. The first-order valence-corrected chi connectivity index (χ1v) is 11.6. The molecule has 1 aromatic carbocycles.